The van der Waals surface area contributed by atoms with Crippen LogP contribution >= 0.6 is 11.3 Å². The van der Waals surface area contributed by atoms with Crippen LogP contribution in [-0.4, -0.2) is 50.8 Å². The van der Waals surface area contributed by atoms with Gasteiger partial charge in [0, 0.05) is 4.88 Å². The van der Waals surface area contributed by atoms with E-state index in [1.165, 1.54) is 37.8 Å². The zero-order chi connectivity index (χ0) is 30.2. The van der Waals surface area contributed by atoms with Crippen LogP contribution in [0.2, 0.25) is 0 Å². The number of rotatable bonds is 9. The van der Waals surface area contributed by atoms with Crippen molar-refractivity contribution in [2.24, 2.45) is 11.0 Å². The van der Waals surface area contributed by atoms with E-state index < -0.39 is 23.8 Å². The predicted octanol–water partition coefficient (Wildman–Crippen LogP) is 4.37. The Labute approximate surface area is 246 Å². The van der Waals surface area contributed by atoms with Gasteiger partial charge in [-0.25, -0.2) is 15.0 Å². The Morgan fingerprint density at radius 3 is 2.43 bits per heavy atom. The third-order valence-electron chi connectivity index (χ3n) is 6.51. The van der Waals surface area contributed by atoms with Gasteiger partial charge < -0.3 is 24.3 Å². The Bertz CT molecular complexity index is 1510. The van der Waals surface area contributed by atoms with E-state index in [2.05, 4.69) is 22.8 Å². The summed E-state index contributed by atoms with van der Waals surface area (Å²) < 4.78 is 21.0. The molecule has 1 aliphatic carbocycles. The molecule has 220 valence electrons. The molecule has 0 bridgehead atoms. The van der Waals surface area contributed by atoms with Crippen LogP contribution in [0.1, 0.15) is 57.0 Å². The van der Waals surface area contributed by atoms with Crippen molar-refractivity contribution in [3.63, 3.8) is 0 Å². The highest BCUT2D eigenvalue weighted by Gasteiger charge is 2.30. The highest BCUT2D eigenvalue weighted by Crippen LogP contribution is 2.40. The molecule has 4 rings (SSSR count). The molecule has 2 aromatic carbocycles. The molecule has 2 amide bonds. The summed E-state index contributed by atoms with van der Waals surface area (Å²) in [4.78, 5) is 51.2. The lowest BCUT2D eigenvalue weighted by Gasteiger charge is -2.18. The monoisotopic (exact) mass is 593 g/mol. The maximum Gasteiger partial charge on any atom is 0.343 e. The number of nitrogens with one attached hydrogen (secondary N) is 2. The standard InChI is InChI=1S/C30H31N3O8S/c1-5-40-30(37)25-21-12-6-17(2)14-24(21)42-28(25)32-26(34)27(35)33-31-16-18-7-10-20(11-8-18)41-29(36)19-9-13-22(38-3)23(15-19)39-4/h7-11,13,15-17H,5-6,12,14H2,1-4H3,(H,32,34)(H,33,35)/b31-16-/t17-/m1/s1. The molecule has 1 aromatic heterocycles. The minimum atomic E-state index is -0.999. The number of esters is 2. The van der Waals surface area contributed by atoms with Gasteiger partial charge in [0.1, 0.15) is 10.8 Å². The number of anilines is 1. The van der Waals surface area contributed by atoms with Crippen molar-refractivity contribution >= 4 is 46.3 Å². The lowest BCUT2D eigenvalue weighted by molar-refractivity contribution is -0.136. The lowest BCUT2D eigenvalue weighted by atomic mass is 9.88. The van der Waals surface area contributed by atoms with Crippen molar-refractivity contribution in [2.45, 2.75) is 33.1 Å². The van der Waals surface area contributed by atoms with Crippen LogP contribution in [0.15, 0.2) is 47.6 Å². The van der Waals surface area contributed by atoms with E-state index in [-0.39, 0.29) is 12.2 Å². The summed E-state index contributed by atoms with van der Waals surface area (Å²) in [5.74, 6) is -1.41. The van der Waals surface area contributed by atoms with E-state index in [0.29, 0.717) is 45.7 Å². The van der Waals surface area contributed by atoms with Crippen molar-refractivity contribution in [1.82, 2.24) is 5.43 Å². The Morgan fingerprint density at radius 1 is 1.00 bits per heavy atom. The number of nitrogens with zero attached hydrogens (tertiary/aromatic N) is 1. The average molecular weight is 594 g/mol. The van der Waals surface area contributed by atoms with Crippen molar-refractivity contribution < 1.29 is 38.1 Å². The number of carbonyl (C=O) groups is 4. The molecule has 42 heavy (non-hydrogen) atoms. The number of thiophene rings is 1. The van der Waals surface area contributed by atoms with Gasteiger partial charge in [0.25, 0.3) is 0 Å². The summed E-state index contributed by atoms with van der Waals surface area (Å²) in [7, 11) is 2.97. The van der Waals surface area contributed by atoms with E-state index in [0.717, 1.165) is 23.3 Å². The maximum atomic E-state index is 12.6. The topological polar surface area (TPSA) is 142 Å². The Morgan fingerprint density at radius 2 is 1.74 bits per heavy atom. The molecule has 12 heteroatoms. The summed E-state index contributed by atoms with van der Waals surface area (Å²) in [6.45, 7) is 4.04. The number of methoxy groups -OCH3 is 2. The number of hydrogen-bond acceptors (Lipinski definition) is 10. The maximum absolute atomic E-state index is 12.6. The smallest absolute Gasteiger partial charge is 0.343 e. The third kappa shape index (κ3) is 7.13. The Balaban J connectivity index is 1.34. The van der Waals surface area contributed by atoms with Crippen molar-refractivity contribution in [3.8, 4) is 17.2 Å². The lowest BCUT2D eigenvalue weighted by Crippen LogP contribution is -2.32. The van der Waals surface area contributed by atoms with Crippen molar-refractivity contribution in [1.29, 1.82) is 0 Å². The summed E-state index contributed by atoms with van der Waals surface area (Å²) in [5.41, 5.74) is 4.24. The molecule has 0 radical (unpaired) electrons. The van der Waals surface area contributed by atoms with Crippen LogP contribution < -0.4 is 25.0 Å². The number of hydrazone groups is 1. The van der Waals surface area contributed by atoms with Gasteiger partial charge in [-0.2, -0.15) is 5.10 Å². The average Bonchev–Trinajstić information content (AvgIpc) is 3.34. The molecule has 3 aromatic rings. The summed E-state index contributed by atoms with van der Waals surface area (Å²) >= 11 is 1.29. The van der Waals surface area contributed by atoms with E-state index in [1.54, 1.807) is 43.3 Å². The second-order valence-corrected chi connectivity index (χ2v) is 10.6. The molecular formula is C30H31N3O8S. The number of amides is 2. The van der Waals surface area contributed by atoms with Gasteiger partial charge in [0.15, 0.2) is 11.5 Å². The van der Waals surface area contributed by atoms with Gasteiger partial charge in [-0.15, -0.1) is 11.3 Å². The molecule has 0 fully saturated rings. The van der Waals surface area contributed by atoms with Crippen LogP contribution in [0.4, 0.5) is 5.00 Å². The number of fused-ring (bicyclic) bond motifs is 1. The highest BCUT2D eigenvalue weighted by molar-refractivity contribution is 7.17. The molecule has 1 heterocycles. The minimum absolute atomic E-state index is 0.198. The first kappa shape index (κ1) is 30.3. The second kappa shape index (κ2) is 13.8. The van der Waals surface area contributed by atoms with E-state index in [4.69, 9.17) is 18.9 Å². The fraction of sp³-hybridized carbons (Fsp3) is 0.300. The normalized spacial score (nSPS) is 14.0. The predicted molar refractivity (Wildman–Crippen MR) is 157 cm³/mol. The number of benzene rings is 2. The fourth-order valence-corrected chi connectivity index (χ4v) is 5.78. The fourth-order valence-electron chi connectivity index (χ4n) is 4.39. The van der Waals surface area contributed by atoms with Crippen LogP contribution in [-0.2, 0) is 27.2 Å². The molecule has 11 nitrogen and oxygen atoms in total. The van der Waals surface area contributed by atoms with Gasteiger partial charge in [0.05, 0.1) is 38.2 Å². The molecule has 1 atom stereocenters. The highest BCUT2D eigenvalue weighted by atomic mass is 32.1. The third-order valence-corrected chi connectivity index (χ3v) is 7.68. The van der Waals surface area contributed by atoms with E-state index >= 15 is 0 Å². The first-order valence-corrected chi connectivity index (χ1v) is 14.1. The number of ether oxygens (including phenoxy) is 4. The number of hydrogen-bond donors (Lipinski definition) is 2. The van der Waals surface area contributed by atoms with Gasteiger partial charge in [-0.05, 0) is 85.7 Å². The molecule has 0 aliphatic heterocycles. The van der Waals surface area contributed by atoms with Crippen LogP contribution in [0.5, 0.6) is 17.2 Å². The van der Waals surface area contributed by atoms with Crippen molar-refractivity contribution in [2.75, 3.05) is 26.1 Å². The van der Waals surface area contributed by atoms with Gasteiger partial charge in [-0.1, -0.05) is 6.92 Å². The van der Waals surface area contributed by atoms with Gasteiger partial charge in [-0.3, -0.25) is 9.59 Å². The van der Waals surface area contributed by atoms with Crippen LogP contribution in [0, 0.1) is 5.92 Å². The van der Waals surface area contributed by atoms with Crippen LogP contribution in [0.3, 0.4) is 0 Å². The van der Waals surface area contributed by atoms with Gasteiger partial charge >= 0.3 is 23.8 Å². The Kier molecular flexibility index (Phi) is 9.92. The largest absolute Gasteiger partial charge is 0.493 e. The number of carbonyl (C=O) groups excluding carboxylic acids is 4. The Hall–Kier alpha value is -4.71. The zero-order valence-electron chi connectivity index (χ0n) is 23.6. The van der Waals surface area contributed by atoms with Crippen LogP contribution in [0.25, 0.3) is 0 Å². The SMILES string of the molecule is CCOC(=O)c1c(NC(=O)C(=O)N/N=C\c2ccc(OC(=O)c3ccc(OC)c(OC)c3)cc2)sc2c1CC[C@@H](C)C2. The van der Waals surface area contributed by atoms with E-state index in [1.807, 2.05) is 0 Å². The molecule has 0 saturated heterocycles. The summed E-state index contributed by atoms with van der Waals surface area (Å²) in [6, 6.07) is 11.1. The van der Waals surface area contributed by atoms with Crippen molar-refractivity contribution in [3.05, 3.63) is 69.6 Å². The summed E-state index contributed by atoms with van der Waals surface area (Å²) in [6.07, 6.45) is 3.77. The molecule has 0 saturated carbocycles. The zero-order valence-corrected chi connectivity index (χ0v) is 24.5. The quantitative estimate of drug-likeness (QED) is 0.122. The first-order chi connectivity index (χ1) is 20.2. The molecule has 2 N–H and O–H groups in total. The summed E-state index contributed by atoms with van der Waals surface area (Å²) in [5, 5.41) is 6.69. The molecular weight excluding hydrogens is 562 g/mol. The van der Waals surface area contributed by atoms with Gasteiger partial charge in [0.2, 0.25) is 0 Å². The molecule has 1 aliphatic rings. The second-order valence-electron chi connectivity index (χ2n) is 9.46. The minimum Gasteiger partial charge on any atom is -0.493 e. The first-order valence-electron chi connectivity index (χ1n) is 13.2. The van der Waals surface area contributed by atoms with E-state index in [9.17, 15) is 19.2 Å². The molecule has 0 unspecified atom stereocenters. The molecule has 0 spiro atoms.